The highest BCUT2D eigenvalue weighted by atomic mass is 35.5. The molecule has 6 rings (SSSR count). The number of halogens is 2. The number of rotatable bonds is 12. The van der Waals surface area contributed by atoms with Crippen molar-refractivity contribution >= 4 is 52.6 Å². The van der Waals surface area contributed by atoms with Crippen molar-refractivity contribution in [1.82, 2.24) is 20.1 Å². The molecule has 260 valence electrons. The highest BCUT2D eigenvalue weighted by Crippen LogP contribution is 2.40. The number of alkyl halides is 1. The number of hydrogen-bond donors (Lipinski definition) is 2. The second-order valence-electron chi connectivity index (χ2n) is 12.4. The van der Waals surface area contributed by atoms with Crippen molar-refractivity contribution in [2.75, 3.05) is 54.1 Å². The lowest BCUT2D eigenvalue weighted by Gasteiger charge is -2.37. The van der Waals surface area contributed by atoms with Crippen LogP contribution in [0.3, 0.4) is 0 Å². The number of allylic oxidation sites excluding steroid dienone is 3. The lowest BCUT2D eigenvalue weighted by atomic mass is 9.90. The van der Waals surface area contributed by atoms with Gasteiger partial charge in [0.1, 0.15) is 31.1 Å². The highest BCUT2D eigenvalue weighted by molar-refractivity contribution is 6.32. The summed E-state index contributed by atoms with van der Waals surface area (Å²) in [6.07, 6.45) is 10.2. The molecule has 1 aliphatic carbocycles. The molecule has 3 heterocycles. The average molecular weight is 710 g/mol. The molecule has 2 amide bonds. The molecule has 1 aromatic heterocycles. The molecule has 2 fully saturated rings. The van der Waals surface area contributed by atoms with E-state index in [0.29, 0.717) is 30.5 Å². The van der Waals surface area contributed by atoms with E-state index in [0.717, 1.165) is 56.1 Å². The maximum absolute atomic E-state index is 12.6. The summed E-state index contributed by atoms with van der Waals surface area (Å²) in [7, 11) is 0. The zero-order valence-electron chi connectivity index (χ0n) is 27.6. The van der Waals surface area contributed by atoms with Crippen molar-refractivity contribution in [2.24, 2.45) is 5.92 Å². The molecule has 2 aliphatic heterocycles. The van der Waals surface area contributed by atoms with E-state index in [2.05, 4.69) is 37.3 Å². The third kappa shape index (κ3) is 8.21. The van der Waals surface area contributed by atoms with E-state index in [-0.39, 0.29) is 24.1 Å². The minimum absolute atomic E-state index is 0.0391. The smallest absolute Gasteiger partial charge is 0.327 e. The van der Waals surface area contributed by atoms with E-state index in [4.69, 9.17) is 42.8 Å². The molecule has 0 saturated carbocycles. The Morgan fingerprint density at radius 2 is 1.82 bits per heavy atom. The Morgan fingerprint density at radius 3 is 2.41 bits per heavy atom. The van der Waals surface area contributed by atoms with Gasteiger partial charge in [0, 0.05) is 48.6 Å². The summed E-state index contributed by atoms with van der Waals surface area (Å²) in [6.45, 7) is 8.39. The van der Waals surface area contributed by atoms with Crippen LogP contribution in [0, 0.1) is 11.3 Å². The number of urea groups is 1. The van der Waals surface area contributed by atoms with Gasteiger partial charge in [-0.1, -0.05) is 24.6 Å². The second kappa shape index (κ2) is 15.6. The van der Waals surface area contributed by atoms with Gasteiger partial charge in [-0.15, -0.1) is 11.6 Å². The van der Waals surface area contributed by atoms with Crippen LogP contribution in [0.2, 0.25) is 0 Å². The van der Waals surface area contributed by atoms with Crippen molar-refractivity contribution in [3.8, 4) is 5.75 Å². The number of amides is 2. The zero-order valence-corrected chi connectivity index (χ0v) is 29.1. The summed E-state index contributed by atoms with van der Waals surface area (Å²) in [5.41, 5.74) is 2.88. The van der Waals surface area contributed by atoms with Gasteiger partial charge in [0.2, 0.25) is 0 Å². The quantitative estimate of drug-likeness (QED) is 0.141. The summed E-state index contributed by atoms with van der Waals surface area (Å²) in [5.74, 6) is -0.577. The number of piperazine rings is 1. The van der Waals surface area contributed by atoms with Gasteiger partial charge in [-0.3, -0.25) is 10.3 Å². The predicted molar refractivity (Wildman–Crippen MR) is 192 cm³/mol. The monoisotopic (exact) mass is 708 g/mol. The van der Waals surface area contributed by atoms with Gasteiger partial charge in [-0.05, 0) is 74.0 Å². The number of hydrogen-bond acceptors (Lipinski definition) is 9. The van der Waals surface area contributed by atoms with Crippen LogP contribution in [0.5, 0.6) is 5.75 Å². The highest BCUT2D eigenvalue weighted by Gasteiger charge is 2.50. The molecule has 49 heavy (non-hydrogen) atoms. The molecule has 3 unspecified atom stereocenters. The summed E-state index contributed by atoms with van der Waals surface area (Å²) < 4.78 is 20.7. The van der Waals surface area contributed by atoms with Crippen molar-refractivity contribution in [3.05, 3.63) is 84.4 Å². The molecular weight excluding hydrogens is 667 g/mol. The Kier molecular flexibility index (Phi) is 11.1. The maximum Gasteiger partial charge on any atom is 0.327 e. The number of benzene rings is 2. The zero-order chi connectivity index (χ0) is 34.4. The van der Waals surface area contributed by atoms with Gasteiger partial charge in [0.05, 0.1) is 36.5 Å². The molecule has 0 bridgehead atoms. The van der Waals surface area contributed by atoms with Gasteiger partial charge >= 0.3 is 6.03 Å². The van der Waals surface area contributed by atoms with E-state index in [9.17, 15) is 4.79 Å². The lowest BCUT2D eigenvalue weighted by molar-refractivity contribution is -0.206. The molecule has 2 N–H and O–H groups in total. The number of carbonyl (C=O) groups is 1. The van der Waals surface area contributed by atoms with Crippen LogP contribution >= 0.6 is 23.2 Å². The Bertz CT molecular complexity index is 1610. The number of ether oxygens (including phenoxy) is 3. The van der Waals surface area contributed by atoms with Gasteiger partial charge < -0.3 is 29.3 Å². The van der Waals surface area contributed by atoms with Crippen molar-refractivity contribution in [2.45, 2.75) is 50.1 Å². The van der Waals surface area contributed by atoms with Crippen LogP contribution in [0.15, 0.2) is 84.4 Å². The fourth-order valence-electron chi connectivity index (χ4n) is 6.19. The normalized spacial score (nSPS) is 24.3. The van der Waals surface area contributed by atoms with Crippen LogP contribution < -0.4 is 24.8 Å². The second-order valence-corrected chi connectivity index (χ2v) is 13.3. The molecule has 14 heteroatoms. The predicted octanol–water partition coefficient (Wildman–Crippen LogP) is 5.63. The van der Waals surface area contributed by atoms with E-state index >= 15 is 0 Å². The first-order chi connectivity index (χ1) is 23.8. The third-order valence-electron chi connectivity index (χ3n) is 9.10. The Balaban J connectivity index is 0.996. The topological polar surface area (TPSA) is 121 Å². The van der Waals surface area contributed by atoms with Crippen LogP contribution in [-0.2, 0) is 16.0 Å². The molecule has 3 aliphatic rings. The Morgan fingerprint density at radius 1 is 1.14 bits per heavy atom. The number of nitrogens with one attached hydrogen (secondary N) is 2. The summed E-state index contributed by atoms with van der Waals surface area (Å²) in [5, 5.41) is 15.1. The Labute approximate surface area is 296 Å². The summed E-state index contributed by atoms with van der Waals surface area (Å²) in [6, 6.07) is 15.7. The third-order valence-corrected chi connectivity index (χ3v) is 9.75. The first-order valence-electron chi connectivity index (χ1n) is 16.5. The van der Waals surface area contributed by atoms with Crippen LogP contribution in [0.1, 0.15) is 20.3 Å². The average Bonchev–Trinajstić information content (AvgIpc) is 3.79. The summed E-state index contributed by atoms with van der Waals surface area (Å²) >= 11 is 12.9. The van der Waals surface area contributed by atoms with Crippen LogP contribution in [0.4, 0.5) is 21.9 Å². The molecular formula is C35H42Cl2N8O4. The van der Waals surface area contributed by atoms with Crippen molar-refractivity contribution in [3.63, 3.8) is 0 Å². The number of anilines is 3. The first kappa shape index (κ1) is 34.8. The number of nitrogens with zero attached hydrogens (tertiary/aromatic N) is 6. The number of carbonyl (C=O) groups excluding carboxylic acids is 1. The van der Waals surface area contributed by atoms with Crippen molar-refractivity contribution in [1.29, 1.82) is 5.41 Å². The molecule has 2 saturated heterocycles. The van der Waals surface area contributed by atoms with E-state index in [1.54, 1.807) is 17.1 Å². The molecule has 12 nitrogen and oxygen atoms in total. The minimum Gasteiger partial charge on any atom is -0.491 e. The SMILES string of the molecule is CCC(C)NC(=O)N(C=N)c1ccc(N2CCN(c3ccc(OC[C@H]4CO[C@](Cn5cncn5)(C5C=CC(Cl)=CC5Cl)O4)cc3)CC2)cc1. The van der Waals surface area contributed by atoms with E-state index < -0.39 is 11.2 Å². The van der Waals surface area contributed by atoms with Gasteiger partial charge in [0.25, 0.3) is 0 Å². The van der Waals surface area contributed by atoms with E-state index in [1.165, 1.54) is 11.2 Å². The minimum atomic E-state index is -1.04. The number of aromatic nitrogens is 3. The van der Waals surface area contributed by atoms with Gasteiger partial charge in [-0.25, -0.2) is 14.5 Å². The first-order valence-corrected chi connectivity index (χ1v) is 17.3. The fourth-order valence-corrected chi connectivity index (χ4v) is 6.88. The standard InChI is InChI=1S/C35H42Cl2N8O4/c1-3-25(2)41-34(46)45(22-38)29-7-5-27(6-8-29)42-14-16-43(17-15-42)28-9-11-30(12-10-28)47-19-31-20-48-35(49-31,21-44-24-39-23-40-44)32-13-4-26(36)18-33(32)37/h4-13,18,22-25,31-33,38H,3,14-17,19-21H2,1-2H3,(H,41,46)/t25?,31-,32?,33?,35-/m0/s1. The summed E-state index contributed by atoms with van der Waals surface area (Å²) in [4.78, 5) is 22.6. The van der Waals surface area contributed by atoms with E-state index in [1.807, 2.05) is 62.4 Å². The lowest BCUT2D eigenvalue weighted by Crippen LogP contribution is -2.47. The Hall–Kier alpha value is -4.10. The molecule has 0 radical (unpaired) electrons. The van der Waals surface area contributed by atoms with Crippen LogP contribution in [0.25, 0.3) is 0 Å². The molecule has 5 atom stereocenters. The van der Waals surface area contributed by atoms with Gasteiger partial charge in [-0.2, -0.15) is 5.10 Å². The van der Waals surface area contributed by atoms with Crippen molar-refractivity contribution < 1.29 is 19.0 Å². The molecule has 3 aromatic rings. The fraction of sp³-hybridized carbons (Fsp3) is 0.429. The molecule has 2 aromatic carbocycles. The van der Waals surface area contributed by atoms with Crippen LogP contribution in [-0.4, -0.2) is 89.8 Å². The molecule has 0 spiro atoms. The largest absolute Gasteiger partial charge is 0.491 e. The van der Waals surface area contributed by atoms with Gasteiger partial charge in [0.15, 0.2) is 5.79 Å². The maximum atomic E-state index is 12.6.